The molecule has 4 nitrogen and oxygen atoms in total. The van der Waals surface area contributed by atoms with Gasteiger partial charge in [0.15, 0.2) is 0 Å². The van der Waals surface area contributed by atoms with Crippen LogP contribution in [0.15, 0.2) is 18.2 Å². The van der Waals surface area contributed by atoms with Crippen LogP contribution in [0.5, 0.6) is 0 Å². The Balaban J connectivity index is 1.80. The number of aliphatic hydroxyl groups is 1. The van der Waals surface area contributed by atoms with Crippen LogP contribution in [0.4, 0.5) is 0 Å². The molecule has 0 spiro atoms. The number of carbonyl (C=O) groups is 1. The van der Waals surface area contributed by atoms with Gasteiger partial charge in [-0.2, -0.15) is 0 Å². The third-order valence-corrected chi connectivity index (χ3v) is 4.48. The Morgan fingerprint density at radius 1 is 1.52 bits per heavy atom. The average molecular weight is 332 g/mol. The smallest absolute Gasteiger partial charge is 0.223 e. The molecule has 2 N–H and O–H groups in total. The number of hydrogen-bond donors (Lipinski definition) is 2. The summed E-state index contributed by atoms with van der Waals surface area (Å²) in [5, 5.41) is 13.4. The van der Waals surface area contributed by atoms with Crippen molar-refractivity contribution in [2.24, 2.45) is 5.92 Å². The summed E-state index contributed by atoms with van der Waals surface area (Å²) in [6, 6.07) is 5.49. The summed E-state index contributed by atoms with van der Waals surface area (Å²) in [6.45, 7) is 0.718. The van der Waals surface area contributed by atoms with Crippen LogP contribution in [-0.2, 0) is 9.53 Å². The predicted molar refractivity (Wildman–Crippen MR) is 82.8 cm³/mol. The van der Waals surface area contributed by atoms with E-state index in [-0.39, 0.29) is 24.3 Å². The van der Waals surface area contributed by atoms with E-state index in [9.17, 15) is 9.90 Å². The molecule has 21 heavy (non-hydrogen) atoms. The fourth-order valence-corrected chi connectivity index (χ4v) is 2.85. The van der Waals surface area contributed by atoms with Crippen LogP contribution in [0, 0.1) is 5.92 Å². The standard InChI is InChI=1S/C15H19Cl2NO3/c1-21-8-9(19)5-6-18-15(20)12-7-11(12)10-3-2-4-13(16)14(10)17/h2-4,9,11-12,19H,5-8H2,1H3,(H,18,20). The second-order valence-electron chi connectivity index (χ2n) is 5.28. The number of benzene rings is 1. The maximum Gasteiger partial charge on any atom is 0.223 e. The first-order chi connectivity index (χ1) is 10.0. The van der Waals surface area contributed by atoms with Gasteiger partial charge in [-0.1, -0.05) is 35.3 Å². The number of aliphatic hydroxyl groups excluding tert-OH is 1. The molecule has 0 saturated heterocycles. The van der Waals surface area contributed by atoms with Crippen molar-refractivity contribution in [1.82, 2.24) is 5.32 Å². The van der Waals surface area contributed by atoms with Crippen molar-refractivity contribution in [1.29, 1.82) is 0 Å². The number of methoxy groups -OCH3 is 1. The Hall–Kier alpha value is -0.810. The van der Waals surface area contributed by atoms with Crippen LogP contribution >= 0.6 is 23.2 Å². The maximum atomic E-state index is 12.0. The maximum absolute atomic E-state index is 12.0. The summed E-state index contributed by atoms with van der Waals surface area (Å²) in [6.07, 6.45) is 0.717. The molecule has 3 atom stereocenters. The molecule has 1 saturated carbocycles. The van der Waals surface area contributed by atoms with Crippen molar-refractivity contribution >= 4 is 29.1 Å². The molecule has 1 amide bonds. The molecule has 0 bridgehead atoms. The van der Waals surface area contributed by atoms with E-state index < -0.39 is 6.10 Å². The van der Waals surface area contributed by atoms with Crippen molar-refractivity contribution in [3.05, 3.63) is 33.8 Å². The van der Waals surface area contributed by atoms with Crippen molar-refractivity contribution < 1.29 is 14.6 Å². The second-order valence-corrected chi connectivity index (χ2v) is 6.07. The lowest BCUT2D eigenvalue weighted by Crippen LogP contribution is -2.29. The van der Waals surface area contributed by atoms with Gasteiger partial charge in [-0.15, -0.1) is 0 Å². The Morgan fingerprint density at radius 2 is 2.29 bits per heavy atom. The topological polar surface area (TPSA) is 58.6 Å². The lowest BCUT2D eigenvalue weighted by molar-refractivity contribution is -0.122. The summed E-state index contributed by atoms with van der Waals surface area (Å²) in [7, 11) is 1.53. The zero-order chi connectivity index (χ0) is 15.4. The fraction of sp³-hybridized carbons (Fsp3) is 0.533. The molecule has 1 aliphatic carbocycles. The molecule has 1 aliphatic rings. The highest BCUT2D eigenvalue weighted by atomic mass is 35.5. The van der Waals surface area contributed by atoms with Gasteiger partial charge in [-0.25, -0.2) is 0 Å². The van der Waals surface area contributed by atoms with Crippen LogP contribution in [-0.4, -0.2) is 37.4 Å². The second kappa shape index (κ2) is 7.45. The lowest BCUT2D eigenvalue weighted by atomic mass is 10.1. The Labute approximate surface area is 134 Å². The van der Waals surface area contributed by atoms with Crippen LogP contribution in [0.2, 0.25) is 10.0 Å². The number of carbonyl (C=O) groups excluding carboxylic acids is 1. The number of hydrogen-bond acceptors (Lipinski definition) is 3. The van der Waals surface area contributed by atoms with Crippen LogP contribution in [0.25, 0.3) is 0 Å². The lowest BCUT2D eigenvalue weighted by Gasteiger charge is -2.10. The number of rotatable bonds is 7. The van der Waals surface area contributed by atoms with Gasteiger partial charge in [-0.3, -0.25) is 4.79 Å². The molecule has 1 aromatic rings. The highest BCUT2D eigenvalue weighted by Gasteiger charge is 2.44. The minimum atomic E-state index is -0.548. The minimum absolute atomic E-state index is 0.000610. The SMILES string of the molecule is COCC(O)CCNC(=O)C1CC1c1cccc(Cl)c1Cl. The highest BCUT2D eigenvalue weighted by Crippen LogP contribution is 2.50. The van der Waals surface area contributed by atoms with Gasteiger partial charge in [0.05, 0.1) is 22.8 Å². The Kier molecular flexibility index (Phi) is 5.88. The van der Waals surface area contributed by atoms with E-state index in [4.69, 9.17) is 27.9 Å². The van der Waals surface area contributed by atoms with Crippen molar-refractivity contribution in [3.63, 3.8) is 0 Å². The Bertz CT molecular complexity index is 510. The van der Waals surface area contributed by atoms with Gasteiger partial charge >= 0.3 is 0 Å². The van der Waals surface area contributed by atoms with Gasteiger partial charge in [0.25, 0.3) is 0 Å². The van der Waals surface area contributed by atoms with E-state index in [0.29, 0.717) is 23.0 Å². The first-order valence-electron chi connectivity index (χ1n) is 6.93. The molecule has 2 rings (SSSR count). The number of ether oxygens (including phenoxy) is 1. The molecule has 0 heterocycles. The molecule has 1 fully saturated rings. The van der Waals surface area contributed by atoms with Crippen LogP contribution in [0.3, 0.4) is 0 Å². The van der Waals surface area contributed by atoms with Crippen LogP contribution < -0.4 is 5.32 Å². The van der Waals surface area contributed by atoms with E-state index in [2.05, 4.69) is 5.32 Å². The minimum Gasteiger partial charge on any atom is -0.391 e. The van der Waals surface area contributed by atoms with Gasteiger partial charge < -0.3 is 15.2 Å². The molecule has 1 aromatic carbocycles. The molecule has 0 aromatic heterocycles. The molecule has 6 heteroatoms. The molecule has 0 radical (unpaired) electrons. The zero-order valence-electron chi connectivity index (χ0n) is 11.8. The van der Waals surface area contributed by atoms with E-state index >= 15 is 0 Å². The van der Waals surface area contributed by atoms with Gasteiger partial charge in [-0.05, 0) is 30.4 Å². The normalized spacial score (nSPS) is 21.9. The first kappa shape index (κ1) is 16.6. The first-order valence-corrected chi connectivity index (χ1v) is 7.68. The van der Waals surface area contributed by atoms with Gasteiger partial charge in [0, 0.05) is 19.6 Å². The molecular weight excluding hydrogens is 313 g/mol. The molecule has 3 unspecified atom stereocenters. The monoisotopic (exact) mass is 331 g/mol. The summed E-state index contributed by atoms with van der Waals surface area (Å²) < 4.78 is 4.83. The molecular formula is C15H19Cl2NO3. The fourth-order valence-electron chi connectivity index (χ4n) is 2.40. The molecule has 0 aliphatic heterocycles. The van der Waals surface area contributed by atoms with E-state index in [1.165, 1.54) is 7.11 Å². The van der Waals surface area contributed by atoms with Crippen molar-refractivity contribution in [2.75, 3.05) is 20.3 Å². The Morgan fingerprint density at radius 3 is 3.00 bits per heavy atom. The van der Waals surface area contributed by atoms with Crippen LogP contribution in [0.1, 0.15) is 24.3 Å². The quantitative estimate of drug-likeness (QED) is 0.807. The van der Waals surface area contributed by atoms with E-state index in [1.54, 1.807) is 6.07 Å². The van der Waals surface area contributed by atoms with E-state index in [1.807, 2.05) is 12.1 Å². The number of halogens is 2. The molecule has 116 valence electrons. The number of amides is 1. The third kappa shape index (κ3) is 4.33. The summed E-state index contributed by atoms with van der Waals surface area (Å²) in [5.74, 6) is 0.0845. The van der Waals surface area contributed by atoms with Gasteiger partial charge in [0.2, 0.25) is 5.91 Å². The van der Waals surface area contributed by atoms with Gasteiger partial charge in [0.1, 0.15) is 0 Å². The summed E-state index contributed by atoms with van der Waals surface area (Å²) in [4.78, 5) is 12.0. The van der Waals surface area contributed by atoms with E-state index in [0.717, 1.165) is 12.0 Å². The third-order valence-electron chi connectivity index (χ3n) is 3.64. The zero-order valence-corrected chi connectivity index (χ0v) is 13.3. The number of nitrogens with one attached hydrogen (secondary N) is 1. The largest absolute Gasteiger partial charge is 0.391 e. The summed E-state index contributed by atoms with van der Waals surface area (Å²) in [5.41, 5.74) is 0.934. The van der Waals surface area contributed by atoms with Crippen molar-refractivity contribution in [3.8, 4) is 0 Å². The predicted octanol–water partition coefficient (Wildman–Crippen LogP) is 2.61. The summed E-state index contributed by atoms with van der Waals surface area (Å²) >= 11 is 12.2. The highest BCUT2D eigenvalue weighted by molar-refractivity contribution is 6.42. The average Bonchev–Trinajstić information content (AvgIpc) is 3.22. The van der Waals surface area contributed by atoms with Crippen molar-refractivity contribution in [2.45, 2.75) is 24.9 Å².